The van der Waals surface area contributed by atoms with Crippen LogP contribution in [-0.4, -0.2) is 24.2 Å². The van der Waals surface area contributed by atoms with Crippen LogP contribution in [0.1, 0.15) is 24.9 Å². The Kier molecular flexibility index (Phi) is 5.60. The Morgan fingerprint density at radius 1 is 1.28 bits per heavy atom. The smallest absolute Gasteiger partial charge is 0.262 e. The number of ether oxygens (including phenoxy) is 1. The van der Waals surface area contributed by atoms with E-state index < -0.39 is 0 Å². The summed E-state index contributed by atoms with van der Waals surface area (Å²) < 4.78 is 5.34. The van der Waals surface area contributed by atoms with Crippen LogP contribution in [0.4, 0.5) is 5.69 Å². The summed E-state index contributed by atoms with van der Waals surface area (Å²) in [5.41, 5.74) is 1.57. The van der Waals surface area contributed by atoms with E-state index in [4.69, 9.17) is 4.74 Å². The molecule has 3 rings (SSSR count). The molecule has 25 heavy (non-hydrogen) atoms. The number of thioether (sulfide) groups is 1. The van der Waals surface area contributed by atoms with E-state index in [0.29, 0.717) is 17.9 Å². The Morgan fingerprint density at radius 2 is 2.08 bits per heavy atom. The summed E-state index contributed by atoms with van der Waals surface area (Å²) in [6, 6.07) is 15.5. The van der Waals surface area contributed by atoms with Gasteiger partial charge in [0.1, 0.15) is 5.75 Å². The molecule has 2 N–H and O–H groups in total. The van der Waals surface area contributed by atoms with Gasteiger partial charge in [-0.05, 0) is 36.8 Å². The Bertz CT molecular complexity index is 765. The van der Waals surface area contributed by atoms with Gasteiger partial charge in [0, 0.05) is 17.1 Å². The van der Waals surface area contributed by atoms with Crippen LogP contribution in [0.3, 0.4) is 0 Å². The Labute approximate surface area is 151 Å². The van der Waals surface area contributed by atoms with Gasteiger partial charge in [0.15, 0.2) is 6.61 Å². The number of carbonyl (C=O) groups is 2. The number of amides is 2. The van der Waals surface area contributed by atoms with Crippen molar-refractivity contribution in [3.05, 3.63) is 54.1 Å². The van der Waals surface area contributed by atoms with Gasteiger partial charge in [-0.2, -0.15) is 0 Å². The van der Waals surface area contributed by atoms with Crippen LogP contribution in [0.25, 0.3) is 0 Å². The van der Waals surface area contributed by atoms with Crippen molar-refractivity contribution in [3.8, 4) is 5.75 Å². The van der Waals surface area contributed by atoms with Crippen LogP contribution in [0.2, 0.25) is 0 Å². The van der Waals surface area contributed by atoms with Crippen molar-refractivity contribution >= 4 is 29.3 Å². The lowest BCUT2D eigenvalue weighted by atomic mass is 10.1. The number of hydrogen-bond acceptors (Lipinski definition) is 4. The molecule has 1 heterocycles. The minimum atomic E-state index is -0.167. The first kappa shape index (κ1) is 17.4. The normalized spacial score (nSPS) is 14.0. The van der Waals surface area contributed by atoms with Crippen molar-refractivity contribution < 1.29 is 14.3 Å². The molecule has 0 spiro atoms. The van der Waals surface area contributed by atoms with Gasteiger partial charge >= 0.3 is 0 Å². The maximum Gasteiger partial charge on any atom is 0.262 e. The molecular formula is C19H20N2O3S. The first-order valence-electron chi connectivity index (χ1n) is 8.15. The van der Waals surface area contributed by atoms with Crippen LogP contribution in [0, 0.1) is 0 Å². The molecule has 2 aromatic rings. The highest BCUT2D eigenvalue weighted by molar-refractivity contribution is 7.99. The molecule has 0 bridgehead atoms. The lowest BCUT2D eigenvalue weighted by Gasteiger charge is -2.21. The highest BCUT2D eigenvalue weighted by Gasteiger charge is 2.18. The number of nitrogens with one attached hydrogen (secondary N) is 2. The quantitative estimate of drug-likeness (QED) is 0.779. The standard InChI is InChI=1S/C19H20N2O3S/c1-13(14-7-8-17-16(11-14)21-19(23)12-24-17)20-18(22)9-10-25-15-5-3-2-4-6-15/h2-8,11,13H,9-10,12H2,1H3,(H,20,22)(H,21,23). The summed E-state index contributed by atoms with van der Waals surface area (Å²) in [6.45, 7) is 1.97. The topological polar surface area (TPSA) is 67.4 Å². The average Bonchev–Trinajstić information content (AvgIpc) is 2.62. The number of rotatable bonds is 6. The van der Waals surface area contributed by atoms with Crippen molar-refractivity contribution in [2.75, 3.05) is 17.7 Å². The van der Waals surface area contributed by atoms with Crippen LogP contribution < -0.4 is 15.4 Å². The van der Waals surface area contributed by atoms with Gasteiger partial charge in [0.25, 0.3) is 5.91 Å². The molecule has 1 atom stereocenters. The monoisotopic (exact) mass is 356 g/mol. The van der Waals surface area contributed by atoms with E-state index >= 15 is 0 Å². The van der Waals surface area contributed by atoms with Crippen LogP contribution in [0.15, 0.2) is 53.4 Å². The van der Waals surface area contributed by atoms with Gasteiger partial charge in [-0.15, -0.1) is 11.8 Å². The highest BCUT2D eigenvalue weighted by Crippen LogP contribution is 2.30. The van der Waals surface area contributed by atoms with E-state index in [1.54, 1.807) is 11.8 Å². The van der Waals surface area contributed by atoms with Gasteiger partial charge in [-0.1, -0.05) is 24.3 Å². The third-order valence-electron chi connectivity index (χ3n) is 3.86. The fraction of sp³-hybridized carbons (Fsp3) is 0.263. The van der Waals surface area contributed by atoms with E-state index in [2.05, 4.69) is 10.6 Å². The summed E-state index contributed by atoms with van der Waals surface area (Å²) in [6.07, 6.45) is 0.453. The molecule has 0 saturated carbocycles. The van der Waals surface area contributed by atoms with Crippen molar-refractivity contribution in [2.24, 2.45) is 0 Å². The third kappa shape index (κ3) is 4.76. The molecule has 0 radical (unpaired) electrons. The van der Waals surface area contributed by atoms with Gasteiger partial charge in [0.2, 0.25) is 5.91 Å². The summed E-state index contributed by atoms with van der Waals surface area (Å²) in [5, 5.41) is 5.78. The predicted molar refractivity (Wildman–Crippen MR) is 98.9 cm³/mol. The molecule has 0 fully saturated rings. The number of hydrogen-bond donors (Lipinski definition) is 2. The average molecular weight is 356 g/mol. The molecule has 0 saturated heterocycles. The highest BCUT2D eigenvalue weighted by atomic mass is 32.2. The van der Waals surface area contributed by atoms with Gasteiger partial charge in [0.05, 0.1) is 11.7 Å². The summed E-state index contributed by atoms with van der Waals surface area (Å²) >= 11 is 1.67. The second-order valence-corrected chi connectivity index (χ2v) is 6.96. The molecule has 5 nitrogen and oxygen atoms in total. The van der Waals surface area contributed by atoms with Gasteiger partial charge in [-0.25, -0.2) is 0 Å². The molecular weight excluding hydrogens is 336 g/mol. The van der Waals surface area contributed by atoms with Gasteiger partial charge < -0.3 is 15.4 Å². The fourth-order valence-corrected chi connectivity index (χ4v) is 3.42. The minimum Gasteiger partial charge on any atom is -0.482 e. The lowest BCUT2D eigenvalue weighted by molar-refractivity contribution is -0.121. The van der Waals surface area contributed by atoms with Gasteiger partial charge in [-0.3, -0.25) is 9.59 Å². The summed E-state index contributed by atoms with van der Waals surface area (Å²) in [5.74, 6) is 1.23. The molecule has 1 unspecified atom stereocenters. The van der Waals surface area contributed by atoms with Crippen molar-refractivity contribution in [3.63, 3.8) is 0 Å². The summed E-state index contributed by atoms with van der Waals surface area (Å²) in [7, 11) is 0. The lowest BCUT2D eigenvalue weighted by Crippen LogP contribution is -2.28. The van der Waals surface area contributed by atoms with E-state index in [0.717, 1.165) is 16.2 Å². The van der Waals surface area contributed by atoms with E-state index in [-0.39, 0.29) is 24.5 Å². The third-order valence-corrected chi connectivity index (χ3v) is 4.87. The van der Waals surface area contributed by atoms with E-state index in [1.807, 2.05) is 55.5 Å². The molecule has 0 aliphatic carbocycles. The maximum absolute atomic E-state index is 12.1. The molecule has 130 valence electrons. The SMILES string of the molecule is CC(NC(=O)CCSc1ccccc1)c1ccc2c(c1)NC(=O)CO2. The second kappa shape index (κ2) is 8.07. The van der Waals surface area contributed by atoms with Crippen molar-refractivity contribution in [2.45, 2.75) is 24.3 Å². The summed E-state index contributed by atoms with van der Waals surface area (Å²) in [4.78, 5) is 24.7. The zero-order valence-corrected chi connectivity index (χ0v) is 14.8. The first-order valence-corrected chi connectivity index (χ1v) is 9.14. The minimum absolute atomic E-state index is 0.00828. The molecule has 2 amide bonds. The molecule has 6 heteroatoms. The van der Waals surface area contributed by atoms with Crippen molar-refractivity contribution in [1.29, 1.82) is 0 Å². The van der Waals surface area contributed by atoms with Crippen LogP contribution in [-0.2, 0) is 9.59 Å². The van der Waals surface area contributed by atoms with E-state index in [9.17, 15) is 9.59 Å². The number of fused-ring (bicyclic) bond motifs is 1. The molecule has 1 aliphatic heterocycles. The zero-order chi connectivity index (χ0) is 17.6. The van der Waals surface area contributed by atoms with Crippen LogP contribution in [0.5, 0.6) is 5.75 Å². The molecule has 1 aliphatic rings. The largest absolute Gasteiger partial charge is 0.482 e. The predicted octanol–water partition coefficient (Wildman–Crippen LogP) is 3.38. The Morgan fingerprint density at radius 3 is 2.88 bits per heavy atom. The number of carbonyl (C=O) groups excluding carboxylic acids is 2. The number of anilines is 1. The first-order chi connectivity index (χ1) is 12.1. The van der Waals surface area contributed by atoms with E-state index in [1.165, 1.54) is 0 Å². The zero-order valence-electron chi connectivity index (χ0n) is 14.0. The molecule has 2 aromatic carbocycles. The Hall–Kier alpha value is -2.47. The maximum atomic E-state index is 12.1. The number of benzene rings is 2. The fourth-order valence-electron chi connectivity index (χ4n) is 2.55. The second-order valence-electron chi connectivity index (χ2n) is 5.79. The Balaban J connectivity index is 1.51. The molecule has 0 aromatic heterocycles. The van der Waals surface area contributed by atoms with Crippen LogP contribution >= 0.6 is 11.8 Å². The van der Waals surface area contributed by atoms with Crippen molar-refractivity contribution in [1.82, 2.24) is 5.32 Å².